The molecule has 2 rings (SSSR count). The molecule has 0 unspecified atom stereocenters. The van der Waals surface area contributed by atoms with E-state index in [0.717, 1.165) is 11.4 Å². The number of rotatable bonds is 6. The van der Waals surface area contributed by atoms with Crippen molar-refractivity contribution in [3.8, 4) is 5.75 Å². The molecule has 0 radical (unpaired) electrons. The van der Waals surface area contributed by atoms with Crippen LogP contribution >= 0.6 is 0 Å². The van der Waals surface area contributed by atoms with Crippen molar-refractivity contribution in [2.24, 2.45) is 0 Å². The van der Waals surface area contributed by atoms with Crippen LogP contribution in [0.25, 0.3) is 0 Å². The fourth-order valence-electron chi connectivity index (χ4n) is 1.55. The normalized spacial score (nSPS) is 10.8. The fourth-order valence-corrected chi connectivity index (χ4v) is 1.55. The molecule has 0 spiro atoms. The van der Waals surface area contributed by atoms with Gasteiger partial charge in [0.15, 0.2) is 0 Å². The Balaban J connectivity index is 1.85. The third-order valence-electron chi connectivity index (χ3n) is 2.30. The molecule has 0 aliphatic rings. The molecule has 2 aromatic rings. The Morgan fingerprint density at radius 1 is 1.33 bits per heavy atom. The molecule has 1 heterocycles. The van der Waals surface area contributed by atoms with Gasteiger partial charge >= 0.3 is 6.61 Å². The molecule has 0 saturated heterocycles. The number of aromatic nitrogens is 2. The SMILES string of the molecule is FC(F)Oc1cccc(CNCc2ncc[nH]2)c1. The number of nitrogens with one attached hydrogen (secondary N) is 2. The Kier molecular flexibility index (Phi) is 4.25. The second kappa shape index (κ2) is 6.11. The Labute approximate surface area is 103 Å². The lowest BCUT2D eigenvalue weighted by Crippen LogP contribution is -2.13. The minimum Gasteiger partial charge on any atom is -0.435 e. The minimum atomic E-state index is -2.80. The number of H-pyrrole nitrogens is 1. The van der Waals surface area contributed by atoms with Crippen molar-refractivity contribution in [1.29, 1.82) is 0 Å². The molecular formula is C12H13F2N3O. The zero-order valence-corrected chi connectivity index (χ0v) is 9.57. The number of ether oxygens (including phenoxy) is 1. The van der Waals surface area contributed by atoms with E-state index in [-0.39, 0.29) is 5.75 Å². The van der Waals surface area contributed by atoms with E-state index in [9.17, 15) is 8.78 Å². The largest absolute Gasteiger partial charge is 0.435 e. The maximum absolute atomic E-state index is 12.0. The van der Waals surface area contributed by atoms with Crippen molar-refractivity contribution in [3.63, 3.8) is 0 Å². The maximum atomic E-state index is 12.0. The molecule has 6 heteroatoms. The number of aromatic amines is 1. The highest BCUT2D eigenvalue weighted by atomic mass is 19.3. The second-order valence-electron chi connectivity index (χ2n) is 3.67. The number of benzene rings is 1. The zero-order chi connectivity index (χ0) is 12.8. The first-order valence-electron chi connectivity index (χ1n) is 5.47. The minimum absolute atomic E-state index is 0.169. The highest BCUT2D eigenvalue weighted by Gasteiger charge is 2.04. The number of hydrogen-bond donors (Lipinski definition) is 2. The molecule has 0 bridgehead atoms. The highest BCUT2D eigenvalue weighted by Crippen LogP contribution is 2.15. The molecule has 0 aliphatic heterocycles. The zero-order valence-electron chi connectivity index (χ0n) is 9.57. The van der Waals surface area contributed by atoms with Crippen LogP contribution in [0.3, 0.4) is 0 Å². The average molecular weight is 253 g/mol. The van der Waals surface area contributed by atoms with Crippen molar-refractivity contribution in [2.45, 2.75) is 19.7 Å². The first-order chi connectivity index (χ1) is 8.74. The molecule has 0 aliphatic carbocycles. The number of hydrogen-bond acceptors (Lipinski definition) is 3. The number of imidazole rings is 1. The summed E-state index contributed by atoms with van der Waals surface area (Å²) in [6, 6.07) is 6.61. The average Bonchev–Trinajstić information content (AvgIpc) is 2.82. The smallest absolute Gasteiger partial charge is 0.387 e. The third-order valence-corrected chi connectivity index (χ3v) is 2.30. The topological polar surface area (TPSA) is 49.9 Å². The van der Waals surface area contributed by atoms with Gasteiger partial charge in [-0.2, -0.15) is 8.78 Å². The quantitative estimate of drug-likeness (QED) is 0.830. The van der Waals surface area contributed by atoms with Gasteiger partial charge in [-0.05, 0) is 17.7 Å². The molecule has 96 valence electrons. The lowest BCUT2D eigenvalue weighted by atomic mass is 10.2. The van der Waals surface area contributed by atoms with Crippen LogP contribution in [-0.4, -0.2) is 16.6 Å². The van der Waals surface area contributed by atoms with Gasteiger partial charge in [-0.25, -0.2) is 4.98 Å². The van der Waals surface area contributed by atoms with Crippen LogP contribution in [-0.2, 0) is 13.1 Å². The van der Waals surface area contributed by atoms with E-state index in [2.05, 4.69) is 20.0 Å². The van der Waals surface area contributed by atoms with Crippen molar-refractivity contribution in [1.82, 2.24) is 15.3 Å². The van der Waals surface area contributed by atoms with E-state index < -0.39 is 6.61 Å². The van der Waals surface area contributed by atoms with Crippen molar-refractivity contribution in [2.75, 3.05) is 0 Å². The first-order valence-corrected chi connectivity index (χ1v) is 5.47. The van der Waals surface area contributed by atoms with Gasteiger partial charge in [0.2, 0.25) is 0 Å². The van der Waals surface area contributed by atoms with E-state index in [1.807, 2.05) is 6.07 Å². The van der Waals surface area contributed by atoms with Crippen molar-refractivity contribution in [3.05, 3.63) is 48.0 Å². The molecule has 18 heavy (non-hydrogen) atoms. The van der Waals surface area contributed by atoms with E-state index in [4.69, 9.17) is 0 Å². The van der Waals surface area contributed by atoms with Crippen LogP contribution in [0.4, 0.5) is 8.78 Å². The first kappa shape index (κ1) is 12.5. The van der Waals surface area contributed by atoms with Gasteiger partial charge in [0.05, 0.1) is 6.54 Å². The lowest BCUT2D eigenvalue weighted by molar-refractivity contribution is -0.0498. The third kappa shape index (κ3) is 3.81. The lowest BCUT2D eigenvalue weighted by Gasteiger charge is -2.07. The summed E-state index contributed by atoms with van der Waals surface area (Å²) in [5.74, 6) is 0.997. The number of alkyl halides is 2. The van der Waals surface area contributed by atoms with E-state index >= 15 is 0 Å². The monoisotopic (exact) mass is 253 g/mol. The summed E-state index contributed by atoms with van der Waals surface area (Å²) >= 11 is 0. The van der Waals surface area contributed by atoms with E-state index in [1.54, 1.807) is 24.5 Å². The Hall–Kier alpha value is -1.95. The molecule has 0 amide bonds. The van der Waals surface area contributed by atoms with Crippen LogP contribution in [0.5, 0.6) is 5.75 Å². The predicted molar refractivity (Wildman–Crippen MR) is 62.2 cm³/mol. The van der Waals surface area contributed by atoms with Gasteiger partial charge in [0.25, 0.3) is 0 Å². The molecule has 4 nitrogen and oxygen atoms in total. The van der Waals surface area contributed by atoms with Crippen LogP contribution in [0.2, 0.25) is 0 Å². The van der Waals surface area contributed by atoms with Crippen LogP contribution in [0.1, 0.15) is 11.4 Å². The van der Waals surface area contributed by atoms with Gasteiger partial charge in [-0.15, -0.1) is 0 Å². The Bertz CT molecular complexity index is 474. The molecular weight excluding hydrogens is 240 g/mol. The van der Waals surface area contributed by atoms with Gasteiger partial charge in [0, 0.05) is 18.9 Å². The van der Waals surface area contributed by atoms with Gasteiger partial charge in [-0.3, -0.25) is 0 Å². The predicted octanol–water partition coefficient (Wildman–Crippen LogP) is 2.30. The van der Waals surface area contributed by atoms with E-state index in [0.29, 0.717) is 13.1 Å². The summed E-state index contributed by atoms with van der Waals surface area (Å²) in [6.07, 6.45) is 3.42. The van der Waals surface area contributed by atoms with Crippen molar-refractivity contribution >= 4 is 0 Å². The van der Waals surface area contributed by atoms with Gasteiger partial charge in [0.1, 0.15) is 11.6 Å². The molecule has 0 fully saturated rings. The van der Waals surface area contributed by atoms with E-state index in [1.165, 1.54) is 6.07 Å². The summed E-state index contributed by atoms with van der Waals surface area (Å²) in [6.45, 7) is -1.65. The Morgan fingerprint density at radius 2 is 2.22 bits per heavy atom. The second-order valence-corrected chi connectivity index (χ2v) is 3.67. The summed E-state index contributed by atoms with van der Waals surface area (Å²) in [7, 11) is 0. The Morgan fingerprint density at radius 3 is 2.94 bits per heavy atom. The summed E-state index contributed by atoms with van der Waals surface area (Å²) in [4.78, 5) is 7.03. The molecule has 1 aromatic carbocycles. The number of halogens is 2. The number of nitrogens with zero attached hydrogens (tertiary/aromatic N) is 1. The van der Waals surface area contributed by atoms with Gasteiger partial charge in [-0.1, -0.05) is 12.1 Å². The van der Waals surface area contributed by atoms with Gasteiger partial charge < -0.3 is 15.0 Å². The molecule has 1 aromatic heterocycles. The summed E-state index contributed by atoms with van der Waals surface area (Å²) in [5.41, 5.74) is 0.875. The molecule has 0 atom stereocenters. The van der Waals surface area contributed by atoms with Crippen molar-refractivity contribution < 1.29 is 13.5 Å². The van der Waals surface area contributed by atoms with Crippen LogP contribution in [0.15, 0.2) is 36.7 Å². The molecule has 2 N–H and O–H groups in total. The summed E-state index contributed by atoms with van der Waals surface area (Å²) < 4.78 is 28.4. The standard InChI is InChI=1S/C12H13F2N3O/c13-12(14)18-10-3-1-2-9(6-10)7-15-8-11-16-4-5-17-11/h1-6,12,15H,7-8H2,(H,16,17). The fraction of sp³-hybridized carbons (Fsp3) is 0.250. The maximum Gasteiger partial charge on any atom is 0.387 e. The van der Waals surface area contributed by atoms with Crippen LogP contribution < -0.4 is 10.1 Å². The highest BCUT2D eigenvalue weighted by molar-refractivity contribution is 5.28. The summed E-state index contributed by atoms with van der Waals surface area (Å²) in [5, 5.41) is 3.15. The van der Waals surface area contributed by atoms with Crippen LogP contribution in [0, 0.1) is 0 Å². The molecule has 0 saturated carbocycles.